The zero-order chi connectivity index (χ0) is 10.9. The molecule has 0 aliphatic heterocycles. The molecule has 0 aromatic heterocycles. The van der Waals surface area contributed by atoms with E-state index in [0.717, 1.165) is 12.5 Å². The molecule has 86 valence electrons. The molecule has 0 aliphatic carbocycles. The van der Waals surface area contributed by atoms with E-state index in [1.165, 1.54) is 0 Å². The Morgan fingerprint density at radius 2 is 1.50 bits per heavy atom. The van der Waals surface area contributed by atoms with Gasteiger partial charge in [-0.3, -0.25) is 0 Å². The Bertz CT molecular complexity index is 121. The largest absolute Gasteiger partial charge is 0.500 e. The summed E-state index contributed by atoms with van der Waals surface area (Å²) in [7, 11) is 4.02. The highest BCUT2D eigenvalue weighted by molar-refractivity contribution is 6.60. The summed E-state index contributed by atoms with van der Waals surface area (Å²) < 4.78 is 25.6. The molecule has 0 N–H and O–H groups in total. The van der Waals surface area contributed by atoms with Crippen molar-refractivity contribution in [2.24, 2.45) is 0 Å². The van der Waals surface area contributed by atoms with Gasteiger partial charge >= 0.3 is 8.80 Å². The van der Waals surface area contributed by atoms with E-state index in [4.69, 9.17) is 22.8 Å². The Labute approximate surface area is 86.6 Å². The maximum absolute atomic E-state index is 5.25. The van der Waals surface area contributed by atoms with Crippen LogP contribution in [0.3, 0.4) is 0 Å². The molecule has 14 heavy (non-hydrogen) atoms. The number of hydrogen-bond acceptors (Lipinski definition) is 5. The Balaban J connectivity index is 3.61. The van der Waals surface area contributed by atoms with Crippen molar-refractivity contribution in [1.29, 1.82) is 0 Å². The Hall–Kier alpha value is 0.0169. The molecular weight excluding hydrogens is 204 g/mol. The molecule has 0 amide bonds. The third-order valence-corrected chi connectivity index (χ3v) is 4.74. The van der Waals surface area contributed by atoms with E-state index in [-0.39, 0.29) is 0 Å². The first-order valence-corrected chi connectivity index (χ1v) is 6.40. The average molecular weight is 224 g/mol. The normalized spacial score (nSPS) is 12.0. The van der Waals surface area contributed by atoms with Gasteiger partial charge in [0.2, 0.25) is 0 Å². The monoisotopic (exact) mass is 224 g/mol. The van der Waals surface area contributed by atoms with Crippen LogP contribution in [0.1, 0.15) is 6.42 Å². The summed E-state index contributed by atoms with van der Waals surface area (Å²) in [5.41, 5.74) is 0. The van der Waals surface area contributed by atoms with Crippen LogP contribution in [0.2, 0.25) is 6.04 Å². The summed E-state index contributed by atoms with van der Waals surface area (Å²) in [4.78, 5) is 0. The molecule has 0 aliphatic rings. The van der Waals surface area contributed by atoms with E-state index in [0.29, 0.717) is 13.4 Å². The van der Waals surface area contributed by atoms with Gasteiger partial charge in [-0.25, -0.2) is 0 Å². The van der Waals surface area contributed by atoms with E-state index in [9.17, 15) is 0 Å². The lowest BCUT2D eigenvalue weighted by molar-refractivity contribution is -0.0311. The quantitative estimate of drug-likeness (QED) is 0.330. The first-order chi connectivity index (χ1) is 6.74. The van der Waals surface area contributed by atoms with Crippen LogP contribution in [0.4, 0.5) is 0 Å². The number of methoxy groups -OCH3 is 1. The second kappa shape index (κ2) is 8.34. The molecule has 0 unspecified atom stereocenters. The highest BCUT2D eigenvalue weighted by atomic mass is 28.4. The van der Waals surface area contributed by atoms with Crippen molar-refractivity contribution < 1.29 is 22.8 Å². The second-order valence-electron chi connectivity index (χ2n) is 2.71. The van der Waals surface area contributed by atoms with Crippen LogP contribution < -0.4 is 0 Å². The maximum atomic E-state index is 5.25. The van der Waals surface area contributed by atoms with Gasteiger partial charge in [0.1, 0.15) is 6.79 Å². The first-order valence-electron chi connectivity index (χ1n) is 4.46. The molecule has 0 saturated heterocycles. The van der Waals surface area contributed by atoms with Crippen molar-refractivity contribution in [2.45, 2.75) is 12.5 Å². The topological polar surface area (TPSA) is 46.2 Å². The predicted octanol–water partition coefficient (Wildman–Crippen LogP) is 0.875. The predicted molar refractivity (Wildman–Crippen MR) is 54.0 cm³/mol. The van der Waals surface area contributed by atoms with E-state index in [2.05, 4.69) is 0 Å². The molecule has 0 radical (unpaired) electrons. The van der Waals surface area contributed by atoms with Gasteiger partial charge in [-0.2, -0.15) is 0 Å². The Kier molecular flexibility index (Phi) is 8.35. The third-order valence-electron chi connectivity index (χ3n) is 1.91. The Morgan fingerprint density at radius 1 is 0.929 bits per heavy atom. The minimum absolute atomic E-state index is 0.321. The van der Waals surface area contributed by atoms with Crippen LogP contribution in [0.15, 0.2) is 0 Å². The number of ether oxygens (including phenoxy) is 2. The van der Waals surface area contributed by atoms with Gasteiger partial charge in [0.15, 0.2) is 0 Å². The zero-order valence-electron chi connectivity index (χ0n) is 9.37. The van der Waals surface area contributed by atoms with Gasteiger partial charge in [0.05, 0.1) is 0 Å². The third kappa shape index (κ3) is 5.04. The SMILES string of the molecule is COCOCCC[Si](OC)(OC)OC. The summed E-state index contributed by atoms with van der Waals surface area (Å²) in [5, 5.41) is 0. The molecule has 5 nitrogen and oxygen atoms in total. The van der Waals surface area contributed by atoms with E-state index in [1.807, 2.05) is 0 Å². The summed E-state index contributed by atoms with van der Waals surface area (Å²) in [6.07, 6.45) is 0.838. The van der Waals surface area contributed by atoms with Gasteiger partial charge in [-0.15, -0.1) is 0 Å². The summed E-state index contributed by atoms with van der Waals surface area (Å²) in [6, 6.07) is 0.750. The van der Waals surface area contributed by atoms with Crippen molar-refractivity contribution in [1.82, 2.24) is 0 Å². The van der Waals surface area contributed by atoms with E-state index in [1.54, 1.807) is 28.4 Å². The van der Waals surface area contributed by atoms with E-state index >= 15 is 0 Å². The minimum atomic E-state index is -2.40. The van der Waals surface area contributed by atoms with Crippen LogP contribution in [0, 0.1) is 0 Å². The standard InChI is InChI=1S/C8H20O5Si/c1-9-8-13-6-5-7-14(10-2,11-3)12-4/h5-8H2,1-4H3. The van der Waals surface area contributed by atoms with Gasteiger partial charge in [-0.05, 0) is 6.42 Å². The molecule has 0 rings (SSSR count). The van der Waals surface area contributed by atoms with Gasteiger partial charge in [-0.1, -0.05) is 0 Å². The lowest BCUT2D eigenvalue weighted by atomic mass is 10.5. The van der Waals surface area contributed by atoms with Crippen molar-refractivity contribution in [2.75, 3.05) is 41.8 Å². The molecule has 0 saturated carbocycles. The van der Waals surface area contributed by atoms with E-state index < -0.39 is 8.80 Å². The number of hydrogen-bond donors (Lipinski definition) is 0. The lowest BCUT2D eigenvalue weighted by Crippen LogP contribution is -2.42. The second-order valence-corrected chi connectivity index (χ2v) is 5.80. The first kappa shape index (κ1) is 14.0. The Morgan fingerprint density at radius 3 is 1.93 bits per heavy atom. The highest BCUT2D eigenvalue weighted by Crippen LogP contribution is 2.14. The van der Waals surface area contributed by atoms with Crippen molar-refractivity contribution in [3.63, 3.8) is 0 Å². The molecule has 6 heteroatoms. The summed E-state index contributed by atoms with van der Waals surface area (Å²) in [6.45, 7) is 0.945. The molecule has 0 heterocycles. The summed E-state index contributed by atoms with van der Waals surface area (Å²) in [5.74, 6) is 0. The van der Waals surface area contributed by atoms with Crippen molar-refractivity contribution in [3.05, 3.63) is 0 Å². The fraction of sp³-hybridized carbons (Fsp3) is 1.00. The molecule has 0 bridgehead atoms. The fourth-order valence-electron chi connectivity index (χ4n) is 1.09. The van der Waals surface area contributed by atoms with Crippen molar-refractivity contribution >= 4 is 8.80 Å². The molecule has 0 fully saturated rings. The van der Waals surface area contributed by atoms with Crippen LogP contribution in [0.25, 0.3) is 0 Å². The van der Waals surface area contributed by atoms with Gasteiger partial charge < -0.3 is 22.8 Å². The van der Waals surface area contributed by atoms with Crippen LogP contribution in [0.5, 0.6) is 0 Å². The molecule has 0 aromatic rings. The average Bonchev–Trinajstić information content (AvgIpc) is 2.24. The van der Waals surface area contributed by atoms with Gasteiger partial charge in [0, 0.05) is 41.1 Å². The molecule has 0 atom stereocenters. The zero-order valence-corrected chi connectivity index (χ0v) is 10.4. The van der Waals surface area contributed by atoms with Gasteiger partial charge in [0.25, 0.3) is 0 Å². The smallest absolute Gasteiger partial charge is 0.377 e. The van der Waals surface area contributed by atoms with Crippen LogP contribution >= 0.6 is 0 Å². The molecule has 0 aromatic carbocycles. The fourth-order valence-corrected chi connectivity index (χ4v) is 2.78. The van der Waals surface area contributed by atoms with Crippen LogP contribution in [-0.4, -0.2) is 50.6 Å². The van der Waals surface area contributed by atoms with Crippen molar-refractivity contribution in [3.8, 4) is 0 Å². The lowest BCUT2D eigenvalue weighted by Gasteiger charge is -2.24. The summed E-state index contributed by atoms with van der Waals surface area (Å²) >= 11 is 0. The molecular formula is C8H20O5Si. The molecule has 0 spiro atoms. The number of rotatable bonds is 9. The van der Waals surface area contributed by atoms with Crippen LogP contribution in [-0.2, 0) is 22.8 Å². The minimum Gasteiger partial charge on any atom is -0.377 e. The highest BCUT2D eigenvalue weighted by Gasteiger charge is 2.36. The maximum Gasteiger partial charge on any atom is 0.500 e.